The number of nitro groups is 1. The lowest BCUT2D eigenvalue weighted by Gasteiger charge is -2.12. The Bertz CT molecular complexity index is 1400. The van der Waals surface area contributed by atoms with Gasteiger partial charge in [0, 0.05) is 17.2 Å². The summed E-state index contributed by atoms with van der Waals surface area (Å²) in [6, 6.07) is 14.9. The largest absolute Gasteiger partial charge is 0.493 e. The van der Waals surface area contributed by atoms with Gasteiger partial charge in [0.05, 0.1) is 22.1 Å². The van der Waals surface area contributed by atoms with Crippen LogP contribution in [0.2, 0.25) is 10.0 Å². The second-order valence-electron chi connectivity index (χ2n) is 7.49. The summed E-state index contributed by atoms with van der Waals surface area (Å²) >= 11 is 12.0. The molecule has 0 saturated heterocycles. The molecular weight excluding hydrogens is 495 g/mol. The number of hydrogen-bond donors (Lipinski definition) is 0. The second-order valence-corrected chi connectivity index (χ2v) is 8.30. The summed E-state index contributed by atoms with van der Waals surface area (Å²) in [5, 5.41) is 12.1. The highest BCUT2D eigenvalue weighted by molar-refractivity contribution is 6.42. The van der Waals surface area contributed by atoms with Crippen LogP contribution in [0.1, 0.15) is 22.3 Å². The zero-order valence-corrected chi connectivity index (χ0v) is 20.1. The number of carbonyl (C=O) groups is 1. The van der Waals surface area contributed by atoms with Crippen molar-refractivity contribution in [2.24, 2.45) is 4.99 Å². The molecule has 1 heterocycles. The first-order valence-corrected chi connectivity index (χ1v) is 11.0. The maximum Gasteiger partial charge on any atom is 0.363 e. The fourth-order valence-electron chi connectivity index (χ4n) is 3.42. The van der Waals surface area contributed by atoms with Crippen molar-refractivity contribution in [1.29, 1.82) is 0 Å². The van der Waals surface area contributed by atoms with Crippen LogP contribution in [0.25, 0.3) is 6.08 Å². The first-order valence-electron chi connectivity index (χ1n) is 10.3. The summed E-state index contributed by atoms with van der Waals surface area (Å²) in [5.74, 6) is 0.288. The number of ether oxygens (including phenoxy) is 3. The van der Waals surface area contributed by atoms with E-state index in [9.17, 15) is 14.9 Å². The molecule has 3 aromatic carbocycles. The molecular formula is C25H18Cl2N2O6. The lowest BCUT2D eigenvalue weighted by molar-refractivity contribution is -0.385. The maximum atomic E-state index is 12.4. The van der Waals surface area contributed by atoms with E-state index < -0.39 is 10.9 Å². The van der Waals surface area contributed by atoms with Gasteiger partial charge in [-0.1, -0.05) is 41.4 Å². The summed E-state index contributed by atoms with van der Waals surface area (Å²) in [6.07, 6.45) is 1.54. The van der Waals surface area contributed by atoms with Crippen LogP contribution in [-0.2, 0) is 16.1 Å². The van der Waals surface area contributed by atoms with Crippen LogP contribution in [0.5, 0.6) is 11.5 Å². The average Bonchev–Trinajstić information content (AvgIpc) is 3.19. The van der Waals surface area contributed by atoms with Gasteiger partial charge in [-0.2, -0.15) is 0 Å². The molecule has 0 saturated carbocycles. The van der Waals surface area contributed by atoms with E-state index in [0.717, 1.165) is 5.56 Å². The summed E-state index contributed by atoms with van der Waals surface area (Å²) in [7, 11) is 1.50. The highest BCUT2D eigenvalue weighted by atomic mass is 35.5. The van der Waals surface area contributed by atoms with Gasteiger partial charge in [0.2, 0.25) is 5.90 Å². The van der Waals surface area contributed by atoms with Gasteiger partial charge in [0.25, 0.3) is 5.69 Å². The number of nitrogens with zero attached hydrogens (tertiary/aromatic N) is 2. The van der Waals surface area contributed by atoms with Gasteiger partial charge in [-0.15, -0.1) is 0 Å². The Kier molecular flexibility index (Phi) is 7.04. The van der Waals surface area contributed by atoms with Crippen LogP contribution in [0.15, 0.2) is 65.3 Å². The summed E-state index contributed by atoms with van der Waals surface area (Å²) in [6.45, 7) is 1.82. The fourth-order valence-corrected chi connectivity index (χ4v) is 3.74. The number of cyclic esters (lactones) is 1. The Morgan fingerprint density at radius 3 is 2.60 bits per heavy atom. The third kappa shape index (κ3) is 5.29. The van der Waals surface area contributed by atoms with E-state index in [-0.39, 0.29) is 23.9 Å². The van der Waals surface area contributed by atoms with Gasteiger partial charge < -0.3 is 14.2 Å². The number of aliphatic imine (C=N–C) groups is 1. The molecule has 0 N–H and O–H groups in total. The number of halogens is 2. The third-order valence-corrected chi connectivity index (χ3v) is 5.96. The average molecular weight is 513 g/mol. The summed E-state index contributed by atoms with van der Waals surface area (Å²) in [5.41, 5.74) is 2.16. The van der Waals surface area contributed by atoms with Crippen molar-refractivity contribution in [2.75, 3.05) is 7.11 Å². The monoisotopic (exact) mass is 512 g/mol. The standard InChI is InChI=1S/C25H18Cl2N2O6/c1-14-17(4-3-5-21(14)29(31)32)24-28-20(25(30)35-24)11-15-7-9-22(23(12-15)33-2)34-13-16-6-8-18(26)19(27)10-16/h3-12H,13H2,1-2H3/b20-11-. The zero-order valence-electron chi connectivity index (χ0n) is 18.6. The maximum absolute atomic E-state index is 12.4. The molecule has 0 aliphatic carbocycles. The molecule has 0 atom stereocenters. The number of rotatable bonds is 7. The molecule has 0 aromatic heterocycles. The second kappa shape index (κ2) is 10.2. The number of carbonyl (C=O) groups excluding carboxylic acids is 1. The van der Waals surface area contributed by atoms with Crippen molar-refractivity contribution in [3.8, 4) is 11.5 Å². The minimum Gasteiger partial charge on any atom is -0.493 e. The third-order valence-electron chi connectivity index (χ3n) is 5.22. The number of nitro benzene ring substituents is 1. The lowest BCUT2D eigenvalue weighted by Crippen LogP contribution is -2.08. The van der Waals surface area contributed by atoms with Gasteiger partial charge in [-0.25, -0.2) is 9.79 Å². The van der Waals surface area contributed by atoms with E-state index in [1.54, 1.807) is 43.3 Å². The first kappa shape index (κ1) is 24.3. The molecule has 35 heavy (non-hydrogen) atoms. The number of hydrogen-bond acceptors (Lipinski definition) is 7. The molecule has 3 aromatic rings. The zero-order chi connectivity index (χ0) is 25.1. The van der Waals surface area contributed by atoms with Gasteiger partial charge in [-0.05, 0) is 54.5 Å². The predicted molar refractivity (Wildman–Crippen MR) is 132 cm³/mol. The Balaban J connectivity index is 1.57. The van der Waals surface area contributed by atoms with E-state index in [1.807, 2.05) is 6.07 Å². The molecule has 8 nitrogen and oxygen atoms in total. The quantitative estimate of drug-likeness (QED) is 0.163. The van der Waals surface area contributed by atoms with Gasteiger partial charge in [0.1, 0.15) is 6.61 Å². The minimum atomic E-state index is -0.662. The number of benzene rings is 3. The molecule has 0 unspecified atom stereocenters. The van der Waals surface area contributed by atoms with Crippen molar-refractivity contribution in [1.82, 2.24) is 0 Å². The SMILES string of the molecule is COc1cc(/C=C2\N=C(c3cccc([N+](=O)[O-])c3C)OC2=O)ccc1OCc1ccc(Cl)c(Cl)c1. The molecule has 0 amide bonds. The fraction of sp³-hybridized carbons (Fsp3) is 0.120. The lowest BCUT2D eigenvalue weighted by atomic mass is 10.1. The highest BCUT2D eigenvalue weighted by Gasteiger charge is 2.27. The number of esters is 1. The molecule has 0 bridgehead atoms. The van der Waals surface area contributed by atoms with E-state index in [2.05, 4.69) is 4.99 Å². The van der Waals surface area contributed by atoms with Crippen LogP contribution >= 0.6 is 23.2 Å². The van der Waals surface area contributed by atoms with Crippen LogP contribution in [0.3, 0.4) is 0 Å². The van der Waals surface area contributed by atoms with Crippen LogP contribution in [0.4, 0.5) is 5.69 Å². The first-order chi connectivity index (χ1) is 16.8. The Morgan fingerprint density at radius 1 is 1.09 bits per heavy atom. The predicted octanol–water partition coefficient (Wildman–Crippen LogP) is 6.14. The molecule has 0 fully saturated rings. The smallest absolute Gasteiger partial charge is 0.363 e. The van der Waals surface area contributed by atoms with Crippen molar-refractivity contribution in [2.45, 2.75) is 13.5 Å². The van der Waals surface area contributed by atoms with Gasteiger partial charge in [0.15, 0.2) is 17.2 Å². The van der Waals surface area contributed by atoms with E-state index in [0.29, 0.717) is 38.2 Å². The van der Waals surface area contributed by atoms with Crippen molar-refractivity contribution < 1.29 is 23.9 Å². The minimum absolute atomic E-state index is 0.0102. The summed E-state index contributed by atoms with van der Waals surface area (Å²) in [4.78, 5) is 27.4. The van der Waals surface area contributed by atoms with Crippen LogP contribution < -0.4 is 9.47 Å². The molecule has 4 rings (SSSR count). The molecule has 0 spiro atoms. The van der Waals surface area contributed by atoms with Gasteiger partial charge in [-0.3, -0.25) is 10.1 Å². The van der Waals surface area contributed by atoms with Crippen LogP contribution in [0, 0.1) is 17.0 Å². The molecule has 1 aliphatic rings. The van der Waals surface area contributed by atoms with E-state index in [1.165, 1.54) is 25.3 Å². The molecule has 178 valence electrons. The van der Waals surface area contributed by atoms with E-state index in [4.69, 9.17) is 37.4 Å². The van der Waals surface area contributed by atoms with Crippen molar-refractivity contribution >= 4 is 46.8 Å². The summed E-state index contributed by atoms with van der Waals surface area (Å²) < 4.78 is 16.6. The Morgan fingerprint density at radius 2 is 1.89 bits per heavy atom. The molecule has 0 radical (unpaired) electrons. The van der Waals surface area contributed by atoms with Crippen molar-refractivity contribution in [3.05, 3.63) is 103 Å². The topological polar surface area (TPSA) is 100 Å². The Hall–Kier alpha value is -3.88. The molecule has 10 heteroatoms. The van der Waals surface area contributed by atoms with Crippen LogP contribution in [-0.4, -0.2) is 23.9 Å². The highest BCUT2D eigenvalue weighted by Crippen LogP contribution is 2.32. The van der Waals surface area contributed by atoms with Gasteiger partial charge >= 0.3 is 5.97 Å². The normalized spacial score (nSPS) is 14.0. The van der Waals surface area contributed by atoms with Crippen molar-refractivity contribution in [3.63, 3.8) is 0 Å². The Labute approximate surface area is 210 Å². The molecule has 1 aliphatic heterocycles. The van der Waals surface area contributed by atoms with E-state index >= 15 is 0 Å². The number of methoxy groups -OCH3 is 1.